The molecule has 3 heteroatoms. The molecule has 0 bridgehead atoms. The van der Waals surface area contributed by atoms with Crippen LogP contribution in [0.1, 0.15) is 31.7 Å². The summed E-state index contributed by atoms with van der Waals surface area (Å²) in [5.74, 6) is 0. The standard InChI is InChI=1S/C16H26N2O/c1-3-10-18-11-8-15(9-12-18)17-16-7-5-4-6-14(16)13-19-2/h4-7,15,17H,3,8-13H2,1-2H3. The summed E-state index contributed by atoms with van der Waals surface area (Å²) >= 11 is 0. The number of para-hydroxylation sites is 1. The van der Waals surface area contributed by atoms with E-state index in [4.69, 9.17) is 4.74 Å². The predicted molar refractivity (Wildman–Crippen MR) is 80.5 cm³/mol. The summed E-state index contributed by atoms with van der Waals surface area (Å²) in [6.07, 6.45) is 3.73. The molecule has 0 spiro atoms. The average Bonchev–Trinajstić information content (AvgIpc) is 2.44. The van der Waals surface area contributed by atoms with Crippen LogP contribution in [0, 0.1) is 0 Å². The lowest BCUT2D eigenvalue weighted by Gasteiger charge is -2.33. The fourth-order valence-electron chi connectivity index (χ4n) is 2.78. The maximum Gasteiger partial charge on any atom is 0.0733 e. The zero-order chi connectivity index (χ0) is 13.5. The first-order chi connectivity index (χ1) is 9.33. The molecule has 0 atom stereocenters. The highest BCUT2D eigenvalue weighted by Crippen LogP contribution is 2.21. The second-order valence-electron chi connectivity index (χ2n) is 5.35. The molecule has 0 radical (unpaired) electrons. The van der Waals surface area contributed by atoms with Gasteiger partial charge in [0.2, 0.25) is 0 Å². The van der Waals surface area contributed by atoms with Crippen LogP contribution in [0.25, 0.3) is 0 Å². The average molecular weight is 262 g/mol. The van der Waals surface area contributed by atoms with Gasteiger partial charge in [0.05, 0.1) is 6.61 Å². The second-order valence-corrected chi connectivity index (χ2v) is 5.35. The van der Waals surface area contributed by atoms with Gasteiger partial charge >= 0.3 is 0 Å². The van der Waals surface area contributed by atoms with Gasteiger partial charge in [-0.15, -0.1) is 0 Å². The number of nitrogens with one attached hydrogen (secondary N) is 1. The molecule has 3 nitrogen and oxygen atoms in total. The topological polar surface area (TPSA) is 24.5 Å². The van der Waals surface area contributed by atoms with E-state index in [2.05, 4.69) is 41.4 Å². The van der Waals surface area contributed by atoms with Gasteiger partial charge in [-0.05, 0) is 31.9 Å². The van der Waals surface area contributed by atoms with Crippen LogP contribution in [0.4, 0.5) is 5.69 Å². The monoisotopic (exact) mass is 262 g/mol. The van der Waals surface area contributed by atoms with Gasteiger partial charge in [0.15, 0.2) is 0 Å². The molecule has 0 unspecified atom stereocenters. The van der Waals surface area contributed by atoms with Gasteiger partial charge in [0, 0.05) is 37.5 Å². The van der Waals surface area contributed by atoms with Crippen molar-refractivity contribution in [3.63, 3.8) is 0 Å². The normalized spacial score (nSPS) is 17.6. The van der Waals surface area contributed by atoms with Crippen molar-refractivity contribution in [3.8, 4) is 0 Å². The lowest BCUT2D eigenvalue weighted by Crippen LogP contribution is -2.39. The Morgan fingerprint density at radius 3 is 2.68 bits per heavy atom. The molecule has 106 valence electrons. The molecule has 1 aliphatic heterocycles. The van der Waals surface area contributed by atoms with Crippen LogP contribution >= 0.6 is 0 Å². The third-order valence-electron chi connectivity index (χ3n) is 3.80. The molecular weight excluding hydrogens is 236 g/mol. The fraction of sp³-hybridized carbons (Fsp3) is 0.625. The quantitative estimate of drug-likeness (QED) is 0.852. The van der Waals surface area contributed by atoms with Crippen molar-refractivity contribution in [3.05, 3.63) is 29.8 Å². The zero-order valence-corrected chi connectivity index (χ0v) is 12.2. The van der Waals surface area contributed by atoms with Crippen LogP contribution in [0.3, 0.4) is 0 Å². The summed E-state index contributed by atoms with van der Waals surface area (Å²) in [5.41, 5.74) is 2.49. The van der Waals surface area contributed by atoms with E-state index in [0.717, 1.165) is 0 Å². The number of piperidine rings is 1. The van der Waals surface area contributed by atoms with Gasteiger partial charge in [-0.2, -0.15) is 0 Å². The summed E-state index contributed by atoms with van der Waals surface area (Å²) in [6.45, 7) is 6.62. The van der Waals surface area contributed by atoms with Crippen molar-refractivity contribution in [2.75, 3.05) is 32.1 Å². The number of benzene rings is 1. The maximum atomic E-state index is 5.26. The number of rotatable bonds is 6. The molecule has 0 aliphatic carbocycles. The Balaban J connectivity index is 1.88. The van der Waals surface area contributed by atoms with E-state index in [1.54, 1.807) is 7.11 Å². The third-order valence-corrected chi connectivity index (χ3v) is 3.80. The van der Waals surface area contributed by atoms with Crippen molar-refractivity contribution in [1.82, 2.24) is 4.90 Å². The number of hydrogen-bond donors (Lipinski definition) is 1. The molecule has 1 heterocycles. The van der Waals surface area contributed by atoms with Gasteiger partial charge in [-0.1, -0.05) is 25.1 Å². The first-order valence-electron chi connectivity index (χ1n) is 7.39. The highest BCUT2D eigenvalue weighted by atomic mass is 16.5. The molecule has 19 heavy (non-hydrogen) atoms. The van der Waals surface area contributed by atoms with Crippen molar-refractivity contribution in [1.29, 1.82) is 0 Å². The first-order valence-corrected chi connectivity index (χ1v) is 7.39. The predicted octanol–water partition coefficient (Wildman–Crippen LogP) is 3.12. The zero-order valence-electron chi connectivity index (χ0n) is 12.2. The number of ether oxygens (including phenoxy) is 1. The summed E-state index contributed by atoms with van der Waals surface area (Å²) in [5, 5.41) is 3.69. The number of nitrogens with zero attached hydrogens (tertiary/aromatic N) is 1. The Bertz CT molecular complexity index is 373. The van der Waals surface area contributed by atoms with Gasteiger partial charge < -0.3 is 15.0 Å². The summed E-state index contributed by atoms with van der Waals surface area (Å²) < 4.78 is 5.26. The Kier molecular flexibility index (Phi) is 5.67. The fourth-order valence-corrected chi connectivity index (χ4v) is 2.78. The Morgan fingerprint density at radius 1 is 1.26 bits per heavy atom. The molecule has 1 N–H and O–H groups in total. The molecule has 0 amide bonds. The Morgan fingerprint density at radius 2 is 2.00 bits per heavy atom. The van der Waals surface area contributed by atoms with Crippen molar-refractivity contribution in [2.24, 2.45) is 0 Å². The molecule has 1 aromatic rings. The van der Waals surface area contributed by atoms with Crippen LogP contribution in [0.2, 0.25) is 0 Å². The van der Waals surface area contributed by atoms with Crippen LogP contribution in [-0.4, -0.2) is 37.7 Å². The molecule has 0 aromatic heterocycles. The Hall–Kier alpha value is -1.06. The number of likely N-dealkylation sites (tertiary alicyclic amines) is 1. The van der Waals surface area contributed by atoms with Crippen LogP contribution < -0.4 is 5.32 Å². The van der Waals surface area contributed by atoms with Crippen molar-refractivity contribution in [2.45, 2.75) is 38.8 Å². The molecule has 1 fully saturated rings. The van der Waals surface area contributed by atoms with E-state index in [1.165, 1.54) is 50.1 Å². The molecular formula is C16H26N2O. The van der Waals surface area contributed by atoms with Gasteiger partial charge in [0.25, 0.3) is 0 Å². The number of hydrogen-bond acceptors (Lipinski definition) is 3. The largest absolute Gasteiger partial charge is 0.382 e. The molecule has 2 rings (SSSR count). The van der Waals surface area contributed by atoms with Crippen LogP contribution in [-0.2, 0) is 11.3 Å². The summed E-state index contributed by atoms with van der Waals surface area (Å²) in [4.78, 5) is 2.57. The van der Waals surface area contributed by atoms with Gasteiger partial charge in [0.1, 0.15) is 0 Å². The Labute approximate surface area is 116 Å². The lowest BCUT2D eigenvalue weighted by atomic mass is 10.0. The van der Waals surface area contributed by atoms with E-state index < -0.39 is 0 Å². The lowest BCUT2D eigenvalue weighted by molar-refractivity contribution is 0.185. The van der Waals surface area contributed by atoms with E-state index in [1.807, 2.05) is 0 Å². The molecule has 1 aliphatic rings. The molecule has 1 aromatic carbocycles. The van der Waals surface area contributed by atoms with Crippen molar-refractivity contribution >= 4 is 5.69 Å². The van der Waals surface area contributed by atoms with Crippen LogP contribution in [0.15, 0.2) is 24.3 Å². The molecule has 1 saturated heterocycles. The van der Waals surface area contributed by atoms with Crippen molar-refractivity contribution < 1.29 is 4.74 Å². The third kappa shape index (κ3) is 4.22. The highest BCUT2D eigenvalue weighted by Gasteiger charge is 2.18. The summed E-state index contributed by atoms with van der Waals surface area (Å²) in [6, 6.07) is 9.06. The van der Waals surface area contributed by atoms with E-state index in [9.17, 15) is 0 Å². The van der Waals surface area contributed by atoms with E-state index in [-0.39, 0.29) is 0 Å². The van der Waals surface area contributed by atoms with Gasteiger partial charge in [-0.25, -0.2) is 0 Å². The summed E-state index contributed by atoms with van der Waals surface area (Å²) in [7, 11) is 1.75. The number of anilines is 1. The SMILES string of the molecule is CCCN1CCC(Nc2ccccc2COC)CC1. The second kappa shape index (κ2) is 7.51. The smallest absolute Gasteiger partial charge is 0.0733 e. The van der Waals surface area contributed by atoms with E-state index >= 15 is 0 Å². The minimum Gasteiger partial charge on any atom is -0.382 e. The first kappa shape index (κ1) is 14.4. The highest BCUT2D eigenvalue weighted by molar-refractivity contribution is 5.51. The number of methoxy groups -OCH3 is 1. The van der Waals surface area contributed by atoms with Crippen LogP contribution in [0.5, 0.6) is 0 Å². The van der Waals surface area contributed by atoms with E-state index in [0.29, 0.717) is 12.6 Å². The molecule has 0 saturated carbocycles. The maximum absolute atomic E-state index is 5.26. The minimum atomic E-state index is 0.603. The van der Waals surface area contributed by atoms with Gasteiger partial charge in [-0.3, -0.25) is 0 Å². The minimum absolute atomic E-state index is 0.603.